The number of nitriles is 1. The molecule has 1 fully saturated rings. The van der Waals surface area contributed by atoms with Crippen molar-refractivity contribution in [1.82, 2.24) is 9.29 Å². The van der Waals surface area contributed by atoms with Crippen molar-refractivity contribution in [3.63, 3.8) is 0 Å². The second-order valence-corrected chi connectivity index (χ2v) is 8.74. The first-order valence-corrected chi connectivity index (χ1v) is 9.51. The molecule has 1 saturated heterocycles. The largest absolute Gasteiger partial charge is 0.379 e. The normalized spacial score (nSPS) is 21.2. The molecule has 0 bridgehead atoms. The lowest BCUT2D eigenvalue weighted by atomic mass is 10.1. The van der Waals surface area contributed by atoms with E-state index in [1.54, 1.807) is 6.07 Å². The van der Waals surface area contributed by atoms with Gasteiger partial charge in [-0.15, -0.1) is 0 Å². The standard InChI is InChI=1S/C16H24N4O3S/c1-11(2)14-6-5-12(7-17)16(18-14)19-15-9-23-8-13(15)10-24(21,22)20(3)4/h5-6,11,13,15H,8-10H2,1-4H3,(H,18,19)/t13-,15+/m0/s1. The zero-order valence-electron chi connectivity index (χ0n) is 14.5. The van der Waals surface area contributed by atoms with E-state index in [-0.39, 0.29) is 23.6 Å². The first kappa shape index (κ1) is 18.6. The van der Waals surface area contributed by atoms with Crippen molar-refractivity contribution >= 4 is 15.8 Å². The van der Waals surface area contributed by atoms with Crippen molar-refractivity contribution in [2.75, 3.05) is 38.4 Å². The molecule has 0 aliphatic carbocycles. The Morgan fingerprint density at radius 2 is 2.12 bits per heavy atom. The topological polar surface area (TPSA) is 95.3 Å². The molecule has 1 N–H and O–H groups in total. The molecule has 24 heavy (non-hydrogen) atoms. The number of hydrogen-bond acceptors (Lipinski definition) is 6. The van der Waals surface area contributed by atoms with Gasteiger partial charge < -0.3 is 10.1 Å². The molecule has 0 aromatic carbocycles. The van der Waals surface area contributed by atoms with Gasteiger partial charge in [-0.25, -0.2) is 17.7 Å². The summed E-state index contributed by atoms with van der Waals surface area (Å²) >= 11 is 0. The van der Waals surface area contributed by atoms with E-state index in [1.807, 2.05) is 19.9 Å². The Labute approximate surface area is 143 Å². The number of sulfonamides is 1. The molecule has 2 rings (SSSR count). The van der Waals surface area contributed by atoms with Crippen molar-refractivity contribution in [2.24, 2.45) is 5.92 Å². The Morgan fingerprint density at radius 3 is 2.71 bits per heavy atom. The van der Waals surface area contributed by atoms with E-state index < -0.39 is 10.0 Å². The summed E-state index contributed by atoms with van der Waals surface area (Å²) in [7, 11) is -0.270. The van der Waals surface area contributed by atoms with Gasteiger partial charge in [-0.3, -0.25) is 0 Å². The molecule has 0 spiro atoms. The highest BCUT2D eigenvalue weighted by Crippen LogP contribution is 2.24. The summed E-state index contributed by atoms with van der Waals surface area (Å²) in [5, 5.41) is 12.5. The monoisotopic (exact) mass is 352 g/mol. The lowest BCUT2D eigenvalue weighted by molar-refractivity contribution is 0.187. The third-order valence-corrected chi connectivity index (χ3v) is 6.09. The molecule has 132 valence electrons. The lowest BCUT2D eigenvalue weighted by Crippen LogP contribution is -2.37. The quantitative estimate of drug-likeness (QED) is 0.831. The molecule has 1 aliphatic heterocycles. The minimum atomic E-state index is -3.32. The van der Waals surface area contributed by atoms with E-state index in [2.05, 4.69) is 16.4 Å². The lowest BCUT2D eigenvalue weighted by Gasteiger charge is -2.22. The average molecular weight is 352 g/mol. The zero-order valence-corrected chi connectivity index (χ0v) is 15.3. The summed E-state index contributed by atoms with van der Waals surface area (Å²) in [5.41, 5.74) is 1.33. The smallest absolute Gasteiger partial charge is 0.214 e. The molecule has 0 amide bonds. The second kappa shape index (κ2) is 7.47. The Balaban J connectivity index is 2.20. The fraction of sp³-hybridized carbons (Fsp3) is 0.625. The summed E-state index contributed by atoms with van der Waals surface area (Å²) in [5.74, 6) is 0.548. The van der Waals surface area contributed by atoms with Gasteiger partial charge in [0.25, 0.3) is 0 Å². The Morgan fingerprint density at radius 1 is 1.42 bits per heavy atom. The first-order chi connectivity index (χ1) is 11.2. The van der Waals surface area contributed by atoms with E-state index in [0.29, 0.717) is 24.6 Å². The van der Waals surface area contributed by atoms with Gasteiger partial charge in [-0.05, 0) is 18.1 Å². The third kappa shape index (κ3) is 4.23. The van der Waals surface area contributed by atoms with E-state index in [4.69, 9.17) is 4.74 Å². The Kier molecular flexibility index (Phi) is 5.80. The fourth-order valence-corrected chi connectivity index (χ4v) is 3.68. The van der Waals surface area contributed by atoms with Crippen LogP contribution in [-0.4, -0.2) is 56.8 Å². The van der Waals surface area contributed by atoms with Crippen molar-refractivity contribution in [3.8, 4) is 6.07 Å². The molecule has 2 atom stereocenters. The van der Waals surface area contributed by atoms with Gasteiger partial charge >= 0.3 is 0 Å². The van der Waals surface area contributed by atoms with E-state index in [0.717, 1.165) is 5.69 Å². The van der Waals surface area contributed by atoms with Crippen LogP contribution < -0.4 is 5.32 Å². The predicted molar refractivity (Wildman–Crippen MR) is 92.2 cm³/mol. The van der Waals surface area contributed by atoms with Crippen LogP contribution in [-0.2, 0) is 14.8 Å². The van der Waals surface area contributed by atoms with E-state index in [1.165, 1.54) is 18.4 Å². The first-order valence-electron chi connectivity index (χ1n) is 7.90. The molecule has 1 aromatic rings. The molecule has 1 aliphatic rings. The second-order valence-electron chi connectivity index (χ2n) is 6.51. The highest BCUT2D eigenvalue weighted by molar-refractivity contribution is 7.89. The number of aromatic nitrogens is 1. The number of nitrogens with one attached hydrogen (secondary N) is 1. The molecule has 0 radical (unpaired) electrons. The molecule has 0 saturated carbocycles. The van der Waals surface area contributed by atoms with Crippen LogP contribution in [0.3, 0.4) is 0 Å². The van der Waals surface area contributed by atoms with Crippen LogP contribution in [0.2, 0.25) is 0 Å². The minimum Gasteiger partial charge on any atom is -0.379 e. The molecular weight excluding hydrogens is 328 g/mol. The fourth-order valence-electron chi connectivity index (χ4n) is 2.51. The summed E-state index contributed by atoms with van der Waals surface area (Å²) in [4.78, 5) is 4.52. The maximum absolute atomic E-state index is 12.1. The van der Waals surface area contributed by atoms with Gasteiger partial charge in [0.2, 0.25) is 10.0 Å². The molecule has 0 unspecified atom stereocenters. The Bertz CT molecular complexity index is 725. The van der Waals surface area contributed by atoms with Crippen molar-refractivity contribution < 1.29 is 13.2 Å². The number of anilines is 1. The van der Waals surface area contributed by atoms with Crippen LogP contribution >= 0.6 is 0 Å². The van der Waals surface area contributed by atoms with Crippen molar-refractivity contribution in [1.29, 1.82) is 5.26 Å². The third-order valence-electron chi connectivity index (χ3n) is 4.13. The van der Waals surface area contributed by atoms with Crippen molar-refractivity contribution in [3.05, 3.63) is 23.4 Å². The maximum Gasteiger partial charge on any atom is 0.214 e. The molecular formula is C16H24N4O3S. The Hall–Kier alpha value is -1.69. The molecule has 1 aromatic heterocycles. The summed E-state index contributed by atoms with van der Waals surface area (Å²) in [6.07, 6.45) is 0. The summed E-state index contributed by atoms with van der Waals surface area (Å²) in [6, 6.07) is 5.51. The summed E-state index contributed by atoms with van der Waals surface area (Å²) < 4.78 is 30.9. The molecule has 8 heteroatoms. The minimum absolute atomic E-state index is 0.00340. The van der Waals surface area contributed by atoms with Crippen molar-refractivity contribution in [2.45, 2.75) is 25.8 Å². The van der Waals surface area contributed by atoms with Gasteiger partial charge in [-0.1, -0.05) is 13.8 Å². The van der Waals surface area contributed by atoms with Gasteiger partial charge in [0.1, 0.15) is 11.9 Å². The number of ether oxygens (including phenoxy) is 1. The molecule has 2 heterocycles. The van der Waals surface area contributed by atoms with Gasteiger partial charge in [0.05, 0.1) is 30.6 Å². The van der Waals surface area contributed by atoms with Crippen LogP contribution in [0.25, 0.3) is 0 Å². The van der Waals surface area contributed by atoms with Gasteiger partial charge in [0, 0.05) is 25.7 Å². The van der Waals surface area contributed by atoms with Crippen LogP contribution in [0.1, 0.15) is 31.0 Å². The van der Waals surface area contributed by atoms with Gasteiger partial charge in [0.15, 0.2) is 0 Å². The van der Waals surface area contributed by atoms with Crippen LogP contribution in [0.15, 0.2) is 12.1 Å². The van der Waals surface area contributed by atoms with E-state index >= 15 is 0 Å². The average Bonchev–Trinajstić information content (AvgIpc) is 2.93. The van der Waals surface area contributed by atoms with Crippen LogP contribution in [0.5, 0.6) is 0 Å². The highest BCUT2D eigenvalue weighted by Gasteiger charge is 2.33. The maximum atomic E-state index is 12.1. The van der Waals surface area contributed by atoms with Crippen LogP contribution in [0, 0.1) is 17.2 Å². The van der Waals surface area contributed by atoms with Crippen LogP contribution in [0.4, 0.5) is 5.82 Å². The zero-order chi connectivity index (χ0) is 17.9. The van der Waals surface area contributed by atoms with Gasteiger partial charge in [-0.2, -0.15) is 5.26 Å². The number of nitrogens with zero attached hydrogens (tertiary/aromatic N) is 3. The number of pyridine rings is 1. The molecule has 7 nitrogen and oxygen atoms in total. The number of hydrogen-bond donors (Lipinski definition) is 1. The highest BCUT2D eigenvalue weighted by atomic mass is 32.2. The van der Waals surface area contributed by atoms with E-state index in [9.17, 15) is 13.7 Å². The SMILES string of the molecule is CC(C)c1ccc(C#N)c(N[C@@H]2COC[C@H]2CS(=O)(=O)N(C)C)n1. The predicted octanol–water partition coefficient (Wildman–Crippen LogP) is 1.39. The summed E-state index contributed by atoms with van der Waals surface area (Å²) in [6.45, 7) is 4.83. The number of rotatable bonds is 6.